The van der Waals surface area contributed by atoms with E-state index < -0.39 is 0 Å². The van der Waals surface area contributed by atoms with Gasteiger partial charge in [-0.3, -0.25) is 0 Å². The highest BCUT2D eigenvalue weighted by Gasteiger charge is 2.47. The van der Waals surface area contributed by atoms with Gasteiger partial charge in [0.05, 0.1) is 29.1 Å². The standard InChI is InChI=1S/C13H24N4O/c1-6-14-8-10-9-17(16-15-10)11-7-12(2,3)18-13(11,4)5/h9,11,14H,6-8H2,1-5H3. The Morgan fingerprint density at radius 3 is 2.72 bits per heavy atom. The molecule has 1 N–H and O–H groups in total. The van der Waals surface area contributed by atoms with Crippen LogP contribution in [0.2, 0.25) is 0 Å². The number of ether oxygens (including phenoxy) is 1. The highest BCUT2D eigenvalue weighted by atomic mass is 16.5. The minimum Gasteiger partial charge on any atom is -0.367 e. The molecule has 2 heterocycles. The number of nitrogens with zero attached hydrogens (tertiary/aromatic N) is 3. The Balaban J connectivity index is 2.14. The molecule has 1 unspecified atom stereocenters. The Bertz CT molecular complexity index is 411. The van der Waals surface area contributed by atoms with Crippen LogP contribution in [0.1, 0.15) is 52.8 Å². The van der Waals surface area contributed by atoms with Gasteiger partial charge in [-0.25, -0.2) is 4.68 Å². The van der Waals surface area contributed by atoms with Crippen molar-refractivity contribution < 1.29 is 4.74 Å². The van der Waals surface area contributed by atoms with E-state index in [0.29, 0.717) is 0 Å². The first kappa shape index (κ1) is 13.5. The molecule has 0 aliphatic carbocycles. The van der Waals surface area contributed by atoms with Crippen LogP contribution in [-0.2, 0) is 11.3 Å². The van der Waals surface area contributed by atoms with Crippen LogP contribution >= 0.6 is 0 Å². The molecule has 1 aliphatic rings. The van der Waals surface area contributed by atoms with Crippen LogP contribution < -0.4 is 5.32 Å². The van der Waals surface area contributed by atoms with Crippen LogP contribution in [0, 0.1) is 0 Å². The molecule has 5 heteroatoms. The first-order valence-corrected chi connectivity index (χ1v) is 6.66. The van der Waals surface area contributed by atoms with Gasteiger partial charge in [-0.05, 0) is 34.2 Å². The first-order valence-electron chi connectivity index (χ1n) is 6.66. The van der Waals surface area contributed by atoms with Gasteiger partial charge < -0.3 is 10.1 Å². The monoisotopic (exact) mass is 252 g/mol. The van der Waals surface area contributed by atoms with Gasteiger partial charge in [0.2, 0.25) is 0 Å². The maximum Gasteiger partial charge on any atom is 0.0964 e. The van der Waals surface area contributed by atoms with E-state index in [0.717, 1.165) is 25.2 Å². The van der Waals surface area contributed by atoms with Crippen molar-refractivity contribution in [2.24, 2.45) is 0 Å². The summed E-state index contributed by atoms with van der Waals surface area (Å²) < 4.78 is 8.05. The van der Waals surface area contributed by atoms with Crippen LogP contribution in [0.15, 0.2) is 6.20 Å². The van der Waals surface area contributed by atoms with Crippen molar-refractivity contribution in [2.45, 2.75) is 64.8 Å². The molecule has 1 atom stereocenters. The van der Waals surface area contributed by atoms with Gasteiger partial charge in [-0.15, -0.1) is 5.10 Å². The number of nitrogens with one attached hydrogen (secondary N) is 1. The van der Waals surface area contributed by atoms with Crippen LogP contribution in [0.4, 0.5) is 0 Å². The molecule has 1 aromatic rings. The van der Waals surface area contributed by atoms with E-state index in [-0.39, 0.29) is 17.2 Å². The summed E-state index contributed by atoms with van der Waals surface area (Å²) in [5.74, 6) is 0. The van der Waals surface area contributed by atoms with E-state index in [1.54, 1.807) is 0 Å². The normalized spacial score (nSPS) is 25.5. The molecule has 0 saturated carbocycles. The summed E-state index contributed by atoms with van der Waals surface area (Å²) in [7, 11) is 0. The van der Waals surface area contributed by atoms with Gasteiger partial charge >= 0.3 is 0 Å². The molecule has 0 amide bonds. The molecule has 5 nitrogen and oxygen atoms in total. The third-order valence-corrected chi connectivity index (χ3v) is 3.46. The molecule has 102 valence electrons. The lowest BCUT2D eigenvalue weighted by Gasteiger charge is -2.26. The average molecular weight is 252 g/mol. The van der Waals surface area contributed by atoms with Gasteiger partial charge in [0.25, 0.3) is 0 Å². The second-order valence-electron chi connectivity index (χ2n) is 6.16. The fraction of sp³-hybridized carbons (Fsp3) is 0.846. The lowest BCUT2D eigenvalue weighted by atomic mass is 9.95. The molecule has 0 radical (unpaired) electrons. The minimum atomic E-state index is -0.202. The van der Waals surface area contributed by atoms with E-state index in [1.807, 2.05) is 10.9 Å². The molecule has 1 aromatic heterocycles. The number of rotatable bonds is 4. The molecule has 0 bridgehead atoms. The van der Waals surface area contributed by atoms with Gasteiger partial charge in [0.15, 0.2) is 0 Å². The third-order valence-electron chi connectivity index (χ3n) is 3.46. The molecule has 1 saturated heterocycles. The van der Waals surface area contributed by atoms with Crippen LogP contribution in [0.5, 0.6) is 0 Å². The van der Waals surface area contributed by atoms with Crippen molar-refractivity contribution in [3.8, 4) is 0 Å². The summed E-state index contributed by atoms with van der Waals surface area (Å²) in [5, 5.41) is 11.7. The Morgan fingerprint density at radius 2 is 2.17 bits per heavy atom. The Morgan fingerprint density at radius 1 is 1.44 bits per heavy atom. The predicted molar refractivity (Wildman–Crippen MR) is 70.3 cm³/mol. The summed E-state index contributed by atoms with van der Waals surface area (Å²) >= 11 is 0. The Labute approximate surface area is 109 Å². The minimum absolute atomic E-state index is 0.0953. The zero-order chi connectivity index (χ0) is 13.4. The SMILES string of the molecule is CCNCc1cn(C2CC(C)(C)OC2(C)C)nn1. The van der Waals surface area contributed by atoms with Crippen molar-refractivity contribution in [3.63, 3.8) is 0 Å². The molecule has 1 fully saturated rings. The topological polar surface area (TPSA) is 52.0 Å². The maximum atomic E-state index is 6.09. The van der Waals surface area contributed by atoms with E-state index in [9.17, 15) is 0 Å². The molecule has 2 rings (SSSR count). The molecule has 18 heavy (non-hydrogen) atoms. The summed E-state index contributed by atoms with van der Waals surface area (Å²) in [6, 6.07) is 0.246. The van der Waals surface area contributed by atoms with Crippen molar-refractivity contribution in [3.05, 3.63) is 11.9 Å². The molecule has 0 aromatic carbocycles. The van der Waals surface area contributed by atoms with E-state index in [2.05, 4.69) is 50.2 Å². The summed E-state index contributed by atoms with van der Waals surface area (Å²) in [6.07, 6.45) is 2.99. The van der Waals surface area contributed by atoms with Crippen molar-refractivity contribution in [1.82, 2.24) is 20.3 Å². The number of aromatic nitrogens is 3. The zero-order valence-corrected chi connectivity index (χ0v) is 12.0. The molecular weight excluding hydrogens is 228 g/mol. The second-order valence-corrected chi connectivity index (χ2v) is 6.16. The average Bonchev–Trinajstić information content (AvgIpc) is 2.77. The van der Waals surface area contributed by atoms with Crippen molar-refractivity contribution >= 4 is 0 Å². The van der Waals surface area contributed by atoms with Gasteiger partial charge in [0.1, 0.15) is 0 Å². The molecule has 0 spiro atoms. The summed E-state index contributed by atoms with van der Waals surface area (Å²) in [5.41, 5.74) is 0.687. The fourth-order valence-electron chi connectivity index (χ4n) is 2.75. The number of hydrogen-bond acceptors (Lipinski definition) is 4. The maximum absolute atomic E-state index is 6.09. The van der Waals surface area contributed by atoms with Gasteiger partial charge in [0, 0.05) is 13.0 Å². The van der Waals surface area contributed by atoms with E-state index in [1.165, 1.54) is 0 Å². The van der Waals surface area contributed by atoms with Gasteiger partial charge in [-0.2, -0.15) is 0 Å². The predicted octanol–water partition coefficient (Wildman–Crippen LogP) is 1.91. The quantitative estimate of drug-likeness (QED) is 0.889. The van der Waals surface area contributed by atoms with E-state index >= 15 is 0 Å². The summed E-state index contributed by atoms with van der Waals surface area (Å²) in [6.45, 7) is 12.3. The summed E-state index contributed by atoms with van der Waals surface area (Å²) in [4.78, 5) is 0. The molecular formula is C13H24N4O. The Hall–Kier alpha value is -0.940. The van der Waals surface area contributed by atoms with Crippen molar-refractivity contribution in [1.29, 1.82) is 0 Å². The lowest BCUT2D eigenvalue weighted by molar-refractivity contribution is -0.0738. The van der Waals surface area contributed by atoms with Crippen molar-refractivity contribution in [2.75, 3.05) is 6.54 Å². The van der Waals surface area contributed by atoms with Crippen LogP contribution in [0.3, 0.4) is 0 Å². The Kier molecular flexibility index (Phi) is 3.47. The fourth-order valence-corrected chi connectivity index (χ4v) is 2.75. The van der Waals surface area contributed by atoms with E-state index in [4.69, 9.17) is 4.74 Å². The van der Waals surface area contributed by atoms with Crippen LogP contribution in [-0.4, -0.2) is 32.7 Å². The van der Waals surface area contributed by atoms with Crippen LogP contribution in [0.25, 0.3) is 0 Å². The molecule has 1 aliphatic heterocycles. The van der Waals surface area contributed by atoms with Gasteiger partial charge in [-0.1, -0.05) is 12.1 Å². The lowest BCUT2D eigenvalue weighted by Crippen LogP contribution is -2.31. The number of hydrogen-bond donors (Lipinski definition) is 1. The highest BCUT2D eigenvalue weighted by Crippen LogP contribution is 2.44. The second kappa shape index (κ2) is 4.63. The largest absolute Gasteiger partial charge is 0.367 e. The first-order chi connectivity index (χ1) is 8.34. The third kappa shape index (κ3) is 2.72. The highest BCUT2D eigenvalue weighted by molar-refractivity contribution is 5.01. The smallest absolute Gasteiger partial charge is 0.0964 e. The zero-order valence-electron chi connectivity index (χ0n) is 12.0.